The second-order valence-electron chi connectivity index (χ2n) is 13.5. The summed E-state index contributed by atoms with van der Waals surface area (Å²) in [4.78, 5) is 47.2. The van der Waals surface area contributed by atoms with Gasteiger partial charge in [-0.05, 0) is 79.9 Å². The number of allylic oxidation sites excluding steroid dienone is 1. The van der Waals surface area contributed by atoms with Crippen LogP contribution in [-0.2, 0) is 27.9 Å². The number of ketones is 1. The molecule has 5 aromatic rings. The molecule has 0 bridgehead atoms. The fourth-order valence-corrected chi connectivity index (χ4v) is 6.49. The number of carbonyl (C=O) groups is 2. The number of aromatic hydroxyl groups is 2. The Balaban J connectivity index is 1.27. The summed E-state index contributed by atoms with van der Waals surface area (Å²) in [5, 5.41) is 20.9. The summed E-state index contributed by atoms with van der Waals surface area (Å²) in [6.07, 6.45) is 5.16. The molecule has 4 aromatic carbocycles. The van der Waals surface area contributed by atoms with Crippen LogP contribution in [-0.4, -0.2) is 52.5 Å². The summed E-state index contributed by atoms with van der Waals surface area (Å²) in [6.45, 7) is 5.00. The van der Waals surface area contributed by atoms with Crippen molar-refractivity contribution in [1.29, 1.82) is 0 Å². The first kappa shape index (κ1) is 36.6. The maximum absolute atomic E-state index is 14.1. The number of aliphatic imine (C=N–C) groups is 1. The third kappa shape index (κ3) is 8.67. The molecule has 0 saturated carbocycles. The lowest BCUT2D eigenvalue weighted by molar-refractivity contribution is -0.124. The number of thiazole rings is 1. The molecule has 1 aliphatic heterocycles. The highest BCUT2D eigenvalue weighted by Gasteiger charge is 2.41. The van der Waals surface area contributed by atoms with Gasteiger partial charge in [0.05, 0.1) is 10.6 Å². The molecule has 1 atom stereocenters. The molecule has 0 fully saturated rings. The number of hydrogen-bond donors (Lipinski definition) is 3. The normalized spacial score (nSPS) is 14.9. The molecule has 2 heterocycles. The second kappa shape index (κ2) is 15.2. The number of H-pyrrole nitrogens is 1. The SMILES string of the molecule is CN(C(=O)OC(C)(C)C)c1ccc(C2(C(=O)COc3ccc(Cc4sc(=O)[nH]c4O)cc3)C=CC=N2)c(Oc2ccc(Cc3ccccc3)c(O)c2)c1. The zero-order valence-electron chi connectivity index (χ0n) is 29.7. The number of phenols is 1. The van der Waals surface area contributed by atoms with Crippen LogP contribution in [0, 0.1) is 0 Å². The number of nitrogens with one attached hydrogen (secondary N) is 1. The summed E-state index contributed by atoms with van der Waals surface area (Å²) < 4.78 is 17.9. The van der Waals surface area contributed by atoms with Gasteiger partial charge < -0.3 is 24.4 Å². The lowest BCUT2D eigenvalue weighted by Gasteiger charge is -2.28. The van der Waals surface area contributed by atoms with E-state index in [1.54, 1.807) is 94.6 Å². The quantitative estimate of drug-likeness (QED) is 0.118. The van der Waals surface area contributed by atoms with Crippen LogP contribution in [0.25, 0.3) is 0 Å². The predicted molar refractivity (Wildman–Crippen MR) is 204 cm³/mol. The highest BCUT2D eigenvalue weighted by molar-refractivity contribution is 7.09. The van der Waals surface area contributed by atoms with Gasteiger partial charge in [0.1, 0.15) is 35.2 Å². The van der Waals surface area contributed by atoms with Crippen molar-refractivity contribution in [2.24, 2.45) is 4.99 Å². The van der Waals surface area contributed by atoms with Crippen molar-refractivity contribution in [3.05, 3.63) is 140 Å². The third-order valence-electron chi connectivity index (χ3n) is 8.44. The smallest absolute Gasteiger partial charge is 0.414 e. The first-order chi connectivity index (χ1) is 25.3. The lowest BCUT2D eigenvalue weighted by Crippen LogP contribution is -2.36. The van der Waals surface area contributed by atoms with E-state index < -0.39 is 17.2 Å². The fraction of sp³-hybridized carbons (Fsp3) is 0.220. The Hall–Kier alpha value is -6.14. The van der Waals surface area contributed by atoms with Gasteiger partial charge in [-0.1, -0.05) is 59.9 Å². The van der Waals surface area contributed by atoms with Crippen molar-refractivity contribution in [1.82, 2.24) is 4.98 Å². The van der Waals surface area contributed by atoms with Crippen molar-refractivity contribution >= 4 is 35.1 Å². The van der Waals surface area contributed by atoms with Crippen molar-refractivity contribution < 1.29 is 34.0 Å². The Bertz CT molecular complexity index is 2220. The molecule has 0 radical (unpaired) electrons. The van der Waals surface area contributed by atoms with Gasteiger partial charge in [0.2, 0.25) is 11.7 Å². The minimum absolute atomic E-state index is 0.0413. The molecule has 0 aliphatic carbocycles. The molecular formula is C41H39N3O8S. The van der Waals surface area contributed by atoms with E-state index in [0.29, 0.717) is 46.0 Å². The number of carbonyl (C=O) groups excluding carboxylic acids is 2. The van der Waals surface area contributed by atoms with E-state index in [9.17, 15) is 24.6 Å². The molecule has 1 aliphatic rings. The number of benzene rings is 4. The first-order valence-corrected chi connectivity index (χ1v) is 17.7. The number of aromatic amines is 1. The highest BCUT2D eigenvalue weighted by atomic mass is 32.1. The van der Waals surface area contributed by atoms with Crippen LogP contribution in [0.5, 0.6) is 28.9 Å². The van der Waals surface area contributed by atoms with Gasteiger partial charge in [-0.3, -0.25) is 24.5 Å². The first-order valence-electron chi connectivity index (χ1n) is 16.8. The van der Waals surface area contributed by atoms with Crippen LogP contribution in [0.2, 0.25) is 0 Å². The molecule has 3 N–H and O–H groups in total. The molecule has 6 rings (SSSR count). The van der Waals surface area contributed by atoms with Gasteiger partial charge in [0, 0.05) is 43.8 Å². The molecule has 1 unspecified atom stereocenters. The topological polar surface area (TPSA) is 151 Å². The fourth-order valence-electron chi connectivity index (χ4n) is 5.73. The van der Waals surface area contributed by atoms with Crippen LogP contribution < -0.4 is 19.2 Å². The van der Waals surface area contributed by atoms with E-state index >= 15 is 0 Å². The molecule has 1 amide bonds. The van der Waals surface area contributed by atoms with E-state index in [-0.39, 0.29) is 34.6 Å². The number of Topliss-reactive ketones (excluding diaryl/α,β-unsaturated/α-hetero) is 1. The zero-order valence-corrected chi connectivity index (χ0v) is 30.5. The van der Waals surface area contributed by atoms with E-state index in [1.807, 2.05) is 30.3 Å². The van der Waals surface area contributed by atoms with Gasteiger partial charge in [-0.2, -0.15) is 0 Å². The van der Waals surface area contributed by atoms with E-state index in [1.165, 1.54) is 17.2 Å². The van der Waals surface area contributed by atoms with Gasteiger partial charge in [0.15, 0.2) is 5.54 Å². The number of aromatic nitrogens is 1. The summed E-state index contributed by atoms with van der Waals surface area (Å²) in [6, 6.07) is 26.8. The number of amides is 1. The summed E-state index contributed by atoms with van der Waals surface area (Å²) >= 11 is 0.943. The number of phenolic OH excluding ortho intramolecular Hbond substituents is 1. The summed E-state index contributed by atoms with van der Waals surface area (Å²) in [5.41, 5.74) is 1.18. The maximum Gasteiger partial charge on any atom is 0.414 e. The van der Waals surface area contributed by atoms with Gasteiger partial charge in [-0.25, -0.2) is 4.79 Å². The Morgan fingerprint density at radius 2 is 1.62 bits per heavy atom. The van der Waals surface area contributed by atoms with E-state index in [2.05, 4.69) is 9.98 Å². The molecule has 12 heteroatoms. The second-order valence-corrected chi connectivity index (χ2v) is 14.6. The van der Waals surface area contributed by atoms with Gasteiger partial charge in [0.25, 0.3) is 0 Å². The number of anilines is 1. The van der Waals surface area contributed by atoms with E-state index in [4.69, 9.17) is 14.2 Å². The van der Waals surface area contributed by atoms with Crippen molar-refractivity contribution in [2.45, 2.75) is 44.8 Å². The van der Waals surface area contributed by atoms with Crippen LogP contribution >= 0.6 is 11.3 Å². The largest absolute Gasteiger partial charge is 0.508 e. The lowest BCUT2D eigenvalue weighted by atomic mass is 9.86. The average molecular weight is 734 g/mol. The number of nitrogens with zero attached hydrogens (tertiary/aromatic N) is 2. The van der Waals surface area contributed by atoms with Crippen LogP contribution in [0.1, 0.15) is 47.9 Å². The highest BCUT2D eigenvalue weighted by Crippen LogP contribution is 2.42. The molecule has 0 spiro atoms. The van der Waals surface area contributed by atoms with Crippen molar-refractivity contribution in [3.63, 3.8) is 0 Å². The Kier molecular flexibility index (Phi) is 10.5. The van der Waals surface area contributed by atoms with Gasteiger partial charge >= 0.3 is 11.0 Å². The maximum atomic E-state index is 14.1. The minimum Gasteiger partial charge on any atom is -0.508 e. The van der Waals surface area contributed by atoms with Crippen LogP contribution in [0.3, 0.4) is 0 Å². The number of rotatable bonds is 12. The molecule has 1 aromatic heterocycles. The Labute approximate surface area is 310 Å². The summed E-state index contributed by atoms with van der Waals surface area (Å²) in [7, 11) is 1.58. The predicted octanol–water partition coefficient (Wildman–Crippen LogP) is 7.68. The average Bonchev–Trinajstić information content (AvgIpc) is 3.74. The third-order valence-corrected chi connectivity index (χ3v) is 9.31. The Morgan fingerprint density at radius 1 is 0.906 bits per heavy atom. The molecule has 53 heavy (non-hydrogen) atoms. The molecule has 11 nitrogen and oxygen atoms in total. The molecular weight excluding hydrogens is 695 g/mol. The van der Waals surface area contributed by atoms with Crippen LogP contribution in [0.4, 0.5) is 10.5 Å². The van der Waals surface area contributed by atoms with Crippen molar-refractivity contribution in [3.8, 4) is 28.9 Å². The standard InChI is InChI=1S/C41H39N3O8S/c1-40(2,3)52-39(49)44(4)29-14-18-32(34(23-29)51-31-17-13-28(33(45)24-31)21-26-9-6-5-7-10-26)41(19-8-20-42-41)36(46)25-50-30-15-11-27(12-16-30)22-35-37(47)43-38(48)53-35/h5-20,23-24,45,47H,21-22,25H2,1-4H3,(H,43,48). The van der Waals surface area contributed by atoms with E-state index in [0.717, 1.165) is 22.5 Å². The molecule has 0 saturated heterocycles. The zero-order chi connectivity index (χ0) is 37.8. The number of hydrogen-bond acceptors (Lipinski definition) is 10. The number of ether oxygens (including phenoxy) is 3. The van der Waals surface area contributed by atoms with Crippen LogP contribution in [0.15, 0.2) is 113 Å². The monoisotopic (exact) mass is 733 g/mol. The summed E-state index contributed by atoms with van der Waals surface area (Å²) in [5.74, 6) is 0.484. The van der Waals surface area contributed by atoms with Gasteiger partial charge in [-0.15, -0.1) is 0 Å². The molecule has 272 valence electrons. The Morgan fingerprint density at radius 3 is 2.26 bits per heavy atom. The van der Waals surface area contributed by atoms with Crippen molar-refractivity contribution in [2.75, 3.05) is 18.6 Å². The minimum atomic E-state index is -1.52.